The maximum Gasteiger partial charge on any atom is 0.219 e. The molecule has 3 nitrogen and oxygen atoms in total. The van der Waals surface area contributed by atoms with Crippen molar-refractivity contribution < 1.29 is 9.53 Å². The van der Waals surface area contributed by atoms with E-state index in [2.05, 4.69) is 33.0 Å². The molecule has 0 rings (SSSR count). The van der Waals surface area contributed by atoms with E-state index in [1.165, 1.54) is 0 Å². The quantitative estimate of drug-likeness (QED) is 0.729. The normalized spacial score (nSPS) is 12.6. The Morgan fingerprint density at radius 1 is 1.19 bits per heavy atom. The molecule has 16 heavy (non-hydrogen) atoms. The summed E-state index contributed by atoms with van der Waals surface area (Å²) in [5, 5.41) is 2.94. The van der Waals surface area contributed by atoms with Crippen LogP contribution in [-0.2, 0) is 9.53 Å². The molecule has 3 heteroatoms. The number of carbonyl (C=O) groups excluding carboxylic acids is 1. The highest BCUT2D eigenvalue weighted by Crippen LogP contribution is 2.29. The monoisotopic (exact) mass is 229 g/mol. The van der Waals surface area contributed by atoms with Gasteiger partial charge in [-0.15, -0.1) is 0 Å². The molecule has 0 unspecified atom stereocenters. The second-order valence-corrected chi connectivity index (χ2v) is 5.66. The lowest BCUT2D eigenvalue weighted by atomic mass is 9.81. The molecule has 0 aliphatic carbocycles. The van der Waals surface area contributed by atoms with Crippen LogP contribution >= 0.6 is 0 Å². The van der Waals surface area contributed by atoms with Crippen LogP contribution in [0.2, 0.25) is 0 Å². The lowest BCUT2D eigenvalue weighted by molar-refractivity contribution is -0.121. The van der Waals surface area contributed by atoms with E-state index < -0.39 is 0 Å². The van der Waals surface area contributed by atoms with Crippen molar-refractivity contribution in [3.8, 4) is 0 Å². The van der Waals surface area contributed by atoms with Crippen LogP contribution in [-0.4, -0.2) is 24.7 Å². The lowest BCUT2D eigenvalue weighted by Crippen LogP contribution is -2.39. The van der Waals surface area contributed by atoms with Crippen molar-refractivity contribution in [1.82, 2.24) is 5.32 Å². The lowest BCUT2D eigenvalue weighted by Gasteiger charge is -2.34. The molecule has 96 valence electrons. The summed E-state index contributed by atoms with van der Waals surface area (Å²) in [7, 11) is 0. The van der Waals surface area contributed by atoms with Crippen molar-refractivity contribution in [3.05, 3.63) is 0 Å². The smallest absolute Gasteiger partial charge is 0.219 e. The van der Waals surface area contributed by atoms with Crippen LogP contribution in [0.1, 0.15) is 54.4 Å². The van der Waals surface area contributed by atoms with Crippen molar-refractivity contribution in [1.29, 1.82) is 0 Å². The standard InChI is InChI=1S/C13H27NO2/c1-7-11(15)14-10-12(3,4)9-13(5,6)16-8-2/h7-10H2,1-6H3,(H,14,15). The Bertz CT molecular complexity index is 222. The summed E-state index contributed by atoms with van der Waals surface area (Å²) in [6, 6.07) is 0. The Kier molecular flexibility index (Phi) is 6.01. The van der Waals surface area contributed by atoms with Gasteiger partial charge in [0, 0.05) is 19.6 Å². The fourth-order valence-electron chi connectivity index (χ4n) is 2.12. The molecule has 0 radical (unpaired) electrons. The molecular weight excluding hydrogens is 202 g/mol. The van der Waals surface area contributed by atoms with E-state index in [-0.39, 0.29) is 16.9 Å². The molecule has 1 N–H and O–H groups in total. The zero-order valence-electron chi connectivity index (χ0n) is 11.6. The van der Waals surface area contributed by atoms with Gasteiger partial charge in [-0.3, -0.25) is 4.79 Å². The molecule has 0 aliphatic rings. The second kappa shape index (κ2) is 6.24. The predicted octanol–water partition coefficient (Wildman–Crippen LogP) is 2.74. The van der Waals surface area contributed by atoms with Crippen molar-refractivity contribution in [2.75, 3.05) is 13.2 Å². The van der Waals surface area contributed by atoms with Crippen molar-refractivity contribution in [3.63, 3.8) is 0 Å². The van der Waals surface area contributed by atoms with E-state index in [9.17, 15) is 4.79 Å². The van der Waals surface area contributed by atoms with E-state index >= 15 is 0 Å². The van der Waals surface area contributed by atoms with E-state index in [0.29, 0.717) is 13.0 Å². The highest BCUT2D eigenvalue weighted by atomic mass is 16.5. The summed E-state index contributed by atoms with van der Waals surface area (Å²) >= 11 is 0. The highest BCUT2D eigenvalue weighted by Gasteiger charge is 2.29. The summed E-state index contributed by atoms with van der Waals surface area (Å²) in [6.07, 6.45) is 1.47. The maximum atomic E-state index is 11.2. The molecule has 0 heterocycles. The van der Waals surface area contributed by atoms with Gasteiger partial charge < -0.3 is 10.1 Å². The van der Waals surface area contributed by atoms with Crippen LogP contribution in [0.15, 0.2) is 0 Å². The van der Waals surface area contributed by atoms with Crippen molar-refractivity contribution in [2.24, 2.45) is 5.41 Å². The summed E-state index contributed by atoms with van der Waals surface area (Å²) in [5.41, 5.74) is -0.0707. The van der Waals surface area contributed by atoms with Crippen LogP contribution in [0.25, 0.3) is 0 Å². The first kappa shape index (κ1) is 15.4. The average Bonchev–Trinajstić information content (AvgIpc) is 2.12. The fraction of sp³-hybridized carbons (Fsp3) is 0.923. The molecule has 0 aromatic rings. The third kappa shape index (κ3) is 6.83. The molecule has 0 aromatic carbocycles. The SMILES string of the molecule is CCOC(C)(C)CC(C)(C)CNC(=O)CC. The molecule has 0 bridgehead atoms. The number of amides is 1. The molecule has 0 atom stereocenters. The van der Waals surface area contributed by atoms with Gasteiger partial charge in [-0.1, -0.05) is 20.8 Å². The number of hydrogen-bond donors (Lipinski definition) is 1. The molecule has 0 fully saturated rings. The minimum absolute atomic E-state index is 0.0590. The van der Waals surface area contributed by atoms with E-state index in [1.54, 1.807) is 0 Å². The summed E-state index contributed by atoms with van der Waals surface area (Å²) < 4.78 is 5.69. The van der Waals surface area contributed by atoms with Gasteiger partial charge in [0.2, 0.25) is 5.91 Å². The van der Waals surface area contributed by atoms with Gasteiger partial charge in [0.25, 0.3) is 0 Å². The minimum Gasteiger partial charge on any atom is -0.376 e. The summed E-state index contributed by atoms with van der Waals surface area (Å²) in [4.78, 5) is 11.2. The van der Waals surface area contributed by atoms with Crippen LogP contribution in [0.4, 0.5) is 0 Å². The number of hydrogen-bond acceptors (Lipinski definition) is 2. The Morgan fingerprint density at radius 3 is 2.19 bits per heavy atom. The Hall–Kier alpha value is -0.570. The van der Waals surface area contributed by atoms with Gasteiger partial charge in [-0.05, 0) is 32.6 Å². The molecule has 0 saturated carbocycles. The highest BCUT2D eigenvalue weighted by molar-refractivity contribution is 5.75. The second-order valence-electron chi connectivity index (χ2n) is 5.66. The van der Waals surface area contributed by atoms with Gasteiger partial charge >= 0.3 is 0 Å². The minimum atomic E-state index is -0.130. The third-order valence-electron chi connectivity index (χ3n) is 2.52. The maximum absolute atomic E-state index is 11.2. The van der Waals surface area contributed by atoms with Gasteiger partial charge in [-0.25, -0.2) is 0 Å². The van der Waals surface area contributed by atoms with Crippen molar-refractivity contribution >= 4 is 5.91 Å². The molecule has 1 amide bonds. The fourth-order valence-corrected chi connectivity index (χ4v) is 2.12. The number of rotatable bonds is 7. The number of nitrogens with one attached hydrogen (secondary N) is 1. The van der Waals surface area contributed by atoms with E-state index in [0.717, 1.165) is 13.0 Å². The van der Waals surface area contributed by atoms with Gasteiger partial charge in [0.1, 0.15) is 0 Å². The predicted molar refractivity (Wildman–Crippen MR) is 67.4 cm³/mol. The number of carbonyl (C=O) groups is 1. The van der Waals surface area contributed by atoms with Gasteiger partial charge in [0.15, 0.2) is 0 Å². The third-order valence-corrected chi connectivity index (χ3v) is 2.52. The molecular formula is C13H27NO2. The average molecular weight is 229 g/mol. The van der Waals surface area contributed by atoms with Crippen molar-refractivity contribution in [2.45, 2.75) is 60.0 Å². The molecule has 0 aromatic heterocycles. The Balaban J connectivity index is 4.17. The summed E-state index contributed by atoms with van der Waals surface area (Å²) in [6.45, 7) is 13.8. The van der Waals surface area contributed by atoms with E-state index in [4.69, 9.17) is 4.74 Å². The van der Waals surface area contributed by atoms with Crippen LogP contribution in [0, 0.1) is 5.41 Å². The van der Waals surface area contributed by atoms with Gasteiger partial charge in [-0.2, -0.15) is 0 Å². The molecule has 0 spiro atoms. The van der Waals surface area contributed by atoms with Gasteiger partial charge in [0.05, 0.1) is 5.60 Å². The Morgan fingerprint density at radius 2 is 1.75 bits per heavy atom. The molecule has 0 aliphatic heterocycles. The largest absolute Gasteiger partial charge is 0.376 e. The van der Waals surface area contributed by atoms with E-state index in [1.807, 2.05) is 13.8 Å². The Labute approximate surface area is 99.9 Å². The zero-order valence-corrected chi connectivity index (χ0v) is 11.6. The molecule has 0 saturated heterocycles. The first-order chi connectivity index (χ1) is 7.22. The first-order valence-corrected chi connectivity index (χ1v) is 6.13. The van der Waals surface area contributed by atoms with Crippen LogP contribution in [0.3, 0.4) is 0 Å². The van der Waals surface area contributed by atoms with Crippen LogP contribution in [0.5, 0.6) is 0 Å². The first-order valence-electron chi connectivity index (χ1n) is 6.13. The number of ether oxygens (including phenoxy) is 1. The van der Waals surface area contributed by atoms with Crippen LogP contribution < -0.4 is 5.32 Å². The summed E-state index contributed by atoms with van der Waals surface area (Å²) in [5.74, 6) is 0.113. The zero-order chi connectivity index (χ0) is 12.8. The topological polar surface area (TPSA) is 38.3 Å².